The summed E-state index contributed by atoms with van der Waals surface area (Å²) < 4.78 is 8.91. The van der Waals surface area contributed by atoms with Crippen LogP contribution in [-0.2, 0) is 14.3 Å². The van der Waals surface area contributed by atoms with E-state index in [4.69, 9.17) is 0 Å². The molecule has 1 aromatic rings. The maximum Gasteiger partial charge on any atom is 0.337 e. The van der Waals surface area contributed by atoms with Gasteiger partial charge in [-0.25, -0.2) is 4.79 Å². The summed E-state index contributed by atoms with van der Waals surface area (Å²) in [7, 11) is 2.41. The summed E-state index contributed by atoms with van der Waals surface area (Å²) in [6.07, 6.45) is -1.84. The highest BCUT2D eigenvalue weighted by Crippen LogP contribution is 2.18. The summed E-state index contributed by atoms with van der Waals surface area (Å²) in [6, 6.07) is 2.70. The van der Waals surface area contributed by atoms with Gasteiger partial charge in [0.05, 0.1) is 38.0 Å². The van der Waals surface area contributed by atoms with Gasteiger partial charge >= 0.3 is 11.9 Å². The van der Waals surface area contributed by atoms with Gasteiger partial charge in [-0.05, 0) is 12.1 Å². The first-order chi connectivity index (χ1) is 8.99. The third kappa shape index (κ3) is 4.01. The lowest BCUT2D eigenvalue weighted by atomic mass is 10.1. The highest BCUT2D eigenvalue weighted by molar-refractivity contribution is 5.89. The first-order valence-electron chi connectivity index (χ1n) is 5.46. The van der Waals surface area contributed by atoms with E-state index in [9.17, 15) is 19.8 Å². The number of carbonyl (C=O) groups excluding carboxylic acids is 2. The lowest BCUT2D eigenvalue weighted by Crippen LogP contribution is -2.23. The fraction of sp³-hybridized carbons (Fsp3) is 0.417. The number of hydrogen-bond acceptors (Lipinski definition) is 7. The summed E-state index contributed by atoms with van der Waals surface area (Å²) in [6.45, 7) is 0. The van der Waals surface area contributed by atoms with E-state index < -0.39 is 24.1 Å². The highest BCUT2D eigenvalue weighted by Gasteiger charge is 2.23. The molecule has 0 aliphatic rings. The second-order valence-corrected chi connectivity index (χ2v) is 3.75. The first-order valence-corrected chi connectivity index (χ1v) is 5.46. The topological polar surface area (TPSA) is 106 Å². The van der Waals surface area contributed by atoms with Crippen molar-refractivity contribution in [2.75, 3.05) is 14.2 Å². The molecule has 104 valence electrons. The molecular weight excluding hydrogens is 254 g/mol. The van der Waals surface area contributed by atoms with Crippen LogP contribution in [0.4, 0.5) is 0 Å². The van der Waals surface area contributed by atoms with Crippen LogP contribution in [0.2, 0.25) is 0 Å². The second-order valence-electron chi connectivity index (χ2n) is 3.75. The quantitative estimate of drug-likeness (QED) is 0.714. The number of aliphatic hydroxyl groups is 2. The zero-order valence-corrected chi connectivity index (χ0v) is 10.6. The fourth-order valence-electron chi connectivity index (χ4n) is 1.42. The number of carbonyl (C=O) groups is 2. The number of rotatable bonds is 5. The Labute approximate surface area is 109 Å². The minimum absolute atomic E-state index is 0.0688. The van der Waals surface area contributed by atoms with Gasteiger partial charge in [0.15, 0.2) is 0 Å². The number of pyridine rings is 1. The Morgan fingerprint density at radius 3 is 2.58 bits per heavy atom. The van der Waals surface area contributed by atoms with Gasteiger partial charge in [0, 0.05) is 6.20 Å². The number of esters is 2. The number of ether oxygens (including phenoxy) is 2. The van der Waals surface area contributed by atoms with Crippen molar-refractivity contribution in [3.63, 3.8) is 0 Å². The van der Waals surface area contributed by atoms with E-state index in [2.05, 4.69) is 14.5 Å². The van der Waals surface area contributed by atoms with Crippen LogP contribution in [0.5, 0.6) is 0 Å². The summed E-state index contributed by atoms with van der Waals surface area (Å²) >= 11 is 0. The summed E-state index contributed by atoms with van der Waals surface area (Å²) in [5.74, 6) is -1.24. The normalized spacial score (nSPS) is 13.5. The number of hydrogen-bond donors (Lipinski definition) is 2. The van der Waals surface area contributed by atoms with Crippen LogP contribution in [-0.4, -0.2) is 47.5 Å². The van der Waals surface area contributed by atoms with E-state index >= 15 is 0 Å². The van der Waals surface area contributed by atoms with E-state index in [0.29, 0.717) is 0 Å². The Hall–Kier alpha value is -1.99. The molecule has 0 spiro atoms. The minimum Gasteiger partial charge on any atom is -0.469 e. The van der Waals surface area contributed by atoms with Crippen LogP contribution >= 0.6 is 0 Å². The molecule has 0 radical (unpaired) electrons. The predicted molar refractivity (Wildman–Crippen MR) is 63.2 cm³/mol. The SMILES string of the molecule is COC(=O)CC(O)C(O)c1cc(C(=O)OC)ccn1. The fourth-order valence-corrected chi connectivity index (χ4v) is 1.42. The molecule has 0 aliphatic heterocycles. The van der Waals surface area contributed by atoms with Gasteiger partial charge in [0.1, 0.15) is 6.10 Å². The Kier molecular flexibility index (Phi) is 5.40. The zero-order valence-electron chi connectivity index (χ0n) is 10.6. The smallest absolute Gasteiger partial charge is 0.337 e. The number of methoxy groups -OCH3 is 2. The van der Waals surface area contributed by atoms with Crippen molar-refractivity contribution in [3.05, 3.63) is 29.6 Å². The van der Waals surface area contributed by atoms with Gasteiger partial charge in [0.2, 0.25) is 0 Å². The molecule has 19 heavy (non-hydrogen) atoms. The molecule has 0 saturated heterocycles. The lowest BCUT2D eigenvalue weighted by molar-refractivity contribution is -0.144. The van der Waals surface area contributed by atoms with Gasteiger partial charge in [0.25, 0.3) is 0 Å². The Bertz CT molecular complexity index is 461. The molecule has 1 heterocycles. The molecule has 1 rings (SSSR count). The molecule has 0 bridgehead atoms. The zero-order chi connectivity index (χ0) is 14.4. The van der Waals surface area contributed by atoms with Crippen molar-refractivity contribution >= 4 is 11.9 Å². The molecule has 2 atom stereocenters. The molecule has 0 amide bonds. The molecule has 1 aromatic heterocycles. The van der Waals surface area contributed by atoms with Gasteiger partial charge in [-0.2, -0.15) is 0 Å². The summed E-state index contributed by atoms with van der Waals surface area (Å²) in [4.78, 5) is 26.1. The van der Waals surface area contributed by atoms with E-state index in [-0.39, 0.29) is 17.7 Å². The monoisotopic (exact) mass is 269 g/mol. The van der Waals surface area contributed by atoms with E-state index in [0.717, 1.165) is 0 Å². The second kappa shape index (κ2) is 6.81. The molecule has 0 aliphatic carbocycles. The maximum absolute atomic E-state index is 11.3. The molecular formula is C12H15NO6. The molecule has 7 heteroatoms. The van der Waals surface area contributed by atoms with Crippen LogP contribution in [0.1, 0.15) is 28.6 Å². The van der Waals surface area contributed by atoms with Gasteiger partial charge in [-0.3, -0.25) is 9.78 Å². The van der Waals surface area contributed by atoms with Crippen molar-refractivity contribution < 1.29 is 29.3 Å². The minimum atomic E-state index is -1.40. The van der Waals surface area contributed by atoms with Crippen LogP contribution in [0, 0.1) is 0 Å². The van der Waals surface area contributed by atoms with Crippen LogP contribution in [0.25, 0.3) is 0 Å². The molecule has 0 saturated carbocycles. The van der Waals surface area contributed by atoms with E-state index in [1.54, 1.807) is 0 Å². The Morgan fingerprint density at radius 2 is 2.00 bits per heavy atom. The number of aromatic nitrogens is 1. The van der Waals surface area contributed by atoms with Crippen molar-refractivity contribution in [2.45, 2.75) is 18.6 Å². The molecule has 2 unspecified atom stereocenters. The van der Waals surface area contributed by atoms with E-state index in [1.165, 1.54) is 32.5 Å². The van der Waals surface area contributed by atoms with Crippen molar-refractivity contribution in [1.29, 1.82) is 0 Å². The van der Waals surface area contributed by atoms with Crippen molar-refractivity contribution in [2.24, 2.45) is 0 Å². The average molecular weight is 269 g/mol. The molecule has 7 nitrogen and oxygen atoms in total. The van der Waals surface area contributed by atoms with Crippen molar-refractivity contribution in [1.82, 2.24) is 4.98 Å². The third-order valence-electron chi connectivity index (χ3n) is 2.47. The first kappa shape index (κ1) is 15.1. The van der Waals surface area contributed by atoms with Crippen LogP contribution in [0.15, 0.2) is 18.3 Å². The standard InChI is InChI=1S/C12H15NO6/c1-18-10(15)6-9(14)11(16)8-5-7(3-4-13-8)12(17)19-2/h3-5,9,11,14,16H,6H2,1-2H3. The van der Waals surface area contributed by atoms with Crippen LogP contribution in [0.3, 0.4) is 0 Å². The predicted octanol–water partition coefficient (Wildman–Crippen LogP) is -0.174. The third-order valence-corrected chi connectivity index (χ3v) is 2.47. The van der Waals surface area contributed by atoms with Gasteiger partial charge in [-0.15, -0.1) is 0 Å². The Morgan fingerprint density at radius 1 is 1.32 bits per heavy atom. The molecule has 2 N–H and O–H groups in total. The van der Waals surface area contributed by atoms with Crippen molar-refractivity contribution in [3.8, 4) is 0 Å². The maximum atomic E-state index is 11.3. The largest absolute Gasteiger partial charge is 0.469 e. The number of aliphatic hydroxyl groups excluding tert-OH is 2. The number of nitrogens with zero attached hydrogens (tertiary/aromatic N) is 1. The summed E-state index contributed by atoms with van der Waals surface area (Å²) in [5.41, 5.74) is 0.260. The van der Waals surface area contributed by atoms with Gasteiger partial charge < -0.3 is 19.7 Å². The average Bonchev–Trinajstić information content (AvgIpc) is 2.45. The molecule has 0 fully saturated rings. The highest BCUT2D eigenvalue weighted by atomic mass is 16.5. The van der Waals surface area contributed by atoms with Gasteiger partial charge in [-0.1, -0.05) is 0 Å². The lowest BCUT2D eigenvalue weighted by Gasteiger charge is -2.16. The Balaban J connectivity index is 2.84. The van der Waals surface area contributed by atoms with E-state index in [1.807, 2.05) is 0 Å². The molecule has 0 aromatic carbocycles. The van der Waals surface area contributed by atoms with Crippen LogP contribution < -0.4 is 0 Å². The summed E-state index contributed by atoms with van der Waals surface area (Å²) in [5, 5.41) is 19.5.